The van der Waals surface area contributed by atoms with E-state index in [1.807, 2.05) is 11.7 Å². The first-order chi connectivity index (χ1) is 8.12. The third-order valence-corrected chi connectivity index (χ3v) is 4.15. The van der Waals surface area contributed by atoms with Gasteiger partial charge in [-0.1, -0.05) is 18.5 Å². The first-order valence-electron chi connectivity index (χ1n) is 6.14. The van der Waals surface area contributed by atoms with Gasteiger partial charge in [-0.3, -0.25) is 4.68 Å². The van der Waals surface area contributed by atoms with Crippen molar-refractivity contribution in [1.29, 1.82) is 0 Å². The average molecular weight is 258 g/mol. The number of halogens is 1. The lowest BCUT2D eigenvalue weighted by molar-refractivity contribution is 0.140. The summed E-state index contributed by atoms with van der Waals surface area (Å²) in [4.78, 5) is 0. The molecule has 0 amide bonds. The monoisotopic (exact) mass is 257 g/mol. The van der Waals surface area contributed by atoms with Crippen LogP contribution in [0.2, 0.25) is 5.02 Å². The van der Waals surface area contributed by atoms with Crippen molar-refractivity contribution in [1.82, 2.24) is 15.1 Å². The Morgan fingerprint density at radius 2 is 2.35 bits per heavy atom. The zero-order valence-corrected chi connectivity index (χ0v) is 11.2. The molecule has 0 aliphatic carbocycles. The van der Waals surface area contributed by atoms with Gasteiger partial charge in [0.1, 0.15) is 0 Å². The molecule has 17 heavy (non-hydrogen) atoms. The fourth-order valence-electron chi connectivity index (χ4n) is 2.50. The molecule has 2 rings (SSSR count). The smallest absolute Gasteiger partial charge is 0.0849 e. The summed E-state index contributed by atoms with van der Waals surface area (Å²) in [7, 11) is 1.92. The molecule has 1 aliphatic heterocycles. The fraction of sp³-hybridized carbons (Fsp3) is 0.750. The van der Waals surface area contributed by atoms with Crippen molar-refractivity contribution in [2.75, 3.05) is 19.7 Å². The normalized spacial score (nSPS) is 24.5. The summed E-state index contributed by atoms with van der Waals surface area (Å²) in [6, 6.07) is 0. The van der Waals surface area contributed by atoms with Gasteiger partial charge in [0.15, 0.2) is 0 Å². The van der Waals surface area contributed by atoms with Crippen LogP contribution in [0.3, 0.4) is 0 Å². The number of aliphatic hydroxyl groups excluding tert-OH is 1. The van der Waals surface area contributed by atoms with Gasteiger partial charge in [0, 0.05) is 19.0 Å². The van der Waals surface area contributed by atoms with E-state index < -0.39 is 0 Å². The molecule has 1 atom stereocenters. The quantitative estimate of drug-likeness (QED) is 0.851. The van der Waals surface area contributed by atoms with Crippen LogP contribution in [0.5, 0.6) is 0 Å². The lowest BCUT2D eigenvalue weighted by atomic mass is 9.83. The van der Waals surface area contributed by atoms with Crippen LogP contribution in [-0.4, -0.2) is 34.6 Å². The highest BCUT2D eigenvalue weighted by Gasteiger charge is 2.35. The summed E-state index contributed by atoms with van der Waals surface area (Å²) < 4.78 is 1.86. The van der Waals surface area contributed by atoms with Gasteiger partial charge in [0.2, 0.25) is 0 Å². The lowest BCUT2D eigenvalue weighted by Gasteiger charge is -2.25. The summed E-state index contributed by atoms with van der Waals surface area (Å²) in [6.07, 6.45) is 2.63. The molecule has 1 aromatic heterocycles. The highest BCUT2D eigenvalue weighted by Crippen LogP contribution is 2.33. The molecule has 0 aromatic carbocycles. The number of aliphatic hydroxyl groups is 1. The van der Waals surface area contributed by atoms with E-state index in [0.717, 1.165) is 48.8 Å². The van der Waals surface area contributed by atoms with Crippen LogP contribution in [-0.2, 0) is 19.9 Å². The zero-order valence-electron chi connectivity index (χ0n) is 10.5. The van der Waals surface area contributed by atoms with Gasteiger partial charge in [-0.25, -0.2) is 0 Å². The largest absolute Gasteiger partial charge is 0.396 e. The molecule has 1 aromatic rings. The highest BCUT2D eigenvalue weighted by molar-refractivity contribution is 6.31. The number of rotatable bonds is 4. The molecule has 96 valence electrons. The molecule has 1 unspecified atom stereocenters. The van der Waals surface area contributed by atoms with Crippen molar-refractivity contribution < 1.29 is 5.11 Å². The van der Waals surface area contributed by atoms with E-state index in [2.05, 4.69) is 17.3 Å². The molecule has 1 saturated heterocycles. The molecule has 0 saturated carbocycles. The van der Waals surface area contributed by atoms with Gasteiger partial charge in [-0.05, 0) is 25.8 Å². The van der Waals surface area contributed by atoms with Crippen molar-refractivity contribution in [3.05, 3.63) is 16.4 Å². The molecule has 4 nitrogen and oxygen atoms in total. The van der Waals surface area contributed by atoms with Crippen molar-refractivity contribution in [2.24, 2.45) is 12.5 Å². The van der Waals surface area contributed by atoms with Gasteiger partial charge < -0.3 is 10.4 Å². The van der Waals surface area contributed by atoms with Gasteiger partial charge in [-0.2, -0.15) is 5.10 Å². The van der Waals surface area contributed by atoms with Gasteiger partial charge in [-0.15, -0.1) is 0 Å². The maximum Gasteiger partial charge on any atom is 0.0849 e. The van der Waals surface area contributed by atoms with Crippen LogP contribution in [0.1, 0.15) is 24.7 Å². The number of aryl methyl sites for hydroxylation is 2. The summed E-state index contributed by atoms with van der Waals surface area (Å²) in [5, 5.41) is 18.1. The molecule has 0 bridgehead atoms. The topological polar surface area (TPSA) is 50.1 Å². The Morgan fingerprint density at radius 1 is 1.59 bits per heavy atom. The standard InChI is InChI=1S/C12H20ClN3O/c1-3-9-11(13)10(16(2)15-9)6-12(8-17)4-5-14-7-12/h14,17H,3-8H2,1-2H3. The van der Waals surface area contributed by atoms with Crippen molar-refractivity contribution >= 4 is 11.6 Å². The number of hydrogen-bond donors (Lipinski definition) is 2. The predicted octanol–water partition coefficient (Wildman–Crippen LogP) is 1.15. The van der Waals surface area contributed by atoms with E-state index in [-0.39, 0.29) is 12.0 Å². The SMILES string of the molecule is CCc1nn(C)c(CC2(CO)CCNC2)c1Cl. The van der Waals surface area contributed by atoms with Crippen LogP contribution < -0.4 is 5.32 Å². The van der Waals surface area contributed by atoms with Gasteiger partial charge in [0.05, 0.1) is 23.0 Å². The van der Waals surface area contributed by atoms with Crippen molar-refractivity contribution in [3.63, 3.8) is 0 Å². The van der Waals surface area contributed by atoms with Crippen LogP contribution in [0.4, 0.5) is 0 Å². The number of aromatic nitrogens is 2. The zero-order chi connectivity index (χ0) is 12.5. The molecule has 5 heteroatoms. The van der Waals surface area contributed by atoms with E-state index in [4.69, 9.17) is 11.6 Å². The maximum absolute atomic E-state index is 9.61. The molecule has 0 radical (unpaired) electrons. The first kappa shape index (κ1) is 12.9. The summed E-state index contributed by atoms with van der Waals surface area (Å²) >= 11 is 6.34. The molecule has 2 N–H and O–H groups in total. The van der Waals surface area contributed by atoms with E-state index in [1.54, 1.807) is 0 Å². The molecule has 1 aliphatic rings. The average Bonchev–Trinajstić information content (AvgIpc) is 2.90. The van der Waals surface area contributed by atoms with E-state index in [1.165, 1.54) is 0 Å². The minimum atomic E-state index is -0.0670. The number of nitrogens with zero attached hydrogens (tertiary/aromatic N) is 2. The van der Waals surface area contributed by atoms with Crippen LogP contribution in [0.15, 0.2) is 0 Å². The Balaban J connectivity index is 2.25. The second-order valence-electron chi connectivity index (χ2n) is 4.95. The Kier molecular flexibility index (Phi) is 3.76. The fourth-order valence-corrected chi connectivity index (χ4v) is 2.86. The van der Waals surface area contributed by atoms with E-state index in [0.29, 0.717) is 0 Å². The minimum Gasteiger partial charge on any atom is -0.396 e. The van der Waals surface area contributed by atoms with Gasteiger partial charge >= 0.3 is 0 Å². The predicted molar refractivity (Wildman–Crippen MR) is 68.3 cm³/mol. The molecule has 0 spiro atoms. The molecular formula is C12H20ClN3O. The lowest BCUT2D eigenvalue weighted by Crippen LogP contribution is -2.31. The first-order valence-corrected chi connectivity index (χ1v) is 6.51. The summed E-state index contributed by atoms with van der Waals surface area (Å²) in [5.74, 6) is 0. The summed E-state index contributed by atoms with van der Waals surface area (Å²) in [6.45, 7) is 4.07. The third-order valence-electron chi connectivity index (χ3n) is 3.71. The van der Waals surface area contributed by atoms with Gasteiger partial charge in [0.25, 0.3) is 0 Å². The van der Waals surface area contributed by atoms with Crippen molar-refractivity contribution in [3.8, 4) is 0 Å². The van der Waals surface area contributed by atoms with Crippen LogP contribution in [0.25, 0.3) is 0 Å². The minimum absolute atomic E-state index is 0.0670. The van der Waals surface area contributed by atoms with Crippen molar-refractivity contribution in [2.45, 2.75) is 26.2 Å². The van der Waals surface area contributed by atoms with Crippen LogP contribution >= 0.6 is 11.6 Å². The van der Waals surface area contributed by atoms with Crippen LogP contribution in [0, 0.1) is 5.41 Å². The Bertz CT molecular complexity index is 397. The molecule has 1 fully saturated rings. The summed E-state index contributed by atoms with van der Waals surface area (Å²) in [5.41, 5.74) is 1.92. The second-order valence-corrected chi connectivity index (χ2v) is 5.32. The Morgan fingerprint density at radius 3 is 2.82 bits per heavy atom. The Hall–Kier alpha value is -0.580. The number of nitrogens with one attached hydrogen (secondary N) is 1. The second kappa shape index (κ2) is 4.96. The molecule has 2 heterocycles. The van der Waals surface area contributed by atoms with E-state index in [9.17, 15) is 5.11 Å². The highest BCUT2D eigenvalue weighted by atomic mass is 35.5. The van der Waals surface area contributed by atoms with E-state index >= 15 is 0 Å². The number of hydrogen-bond acceptors (Lipinski definition) is 3. The molecular weight excluding hydrogens is 238 g/mol. The maximum atomic E-state index is 9.61. The third kappa shape index (κ3) is 2.34. The Labute approximate surface area is 107 Å².